The van der Waals surface area contributed by atoms with Gasteiger partial charge in [-0.15, -0.1) is 10.2 Å². The summed E-state index contributed by atoms with van der Waals surface area (Å²) in [6.07, 6.45) is 5.15. The highest BCUT2D eigenvalue weighted by Crippen LogP contribution is 2.33. The van der Waals surface area contributed by atoms with Gasteiger partial charge in [-0.25, -0.2) is 4.98 Å². The van der Waals surface area contributed by atoms with Gasteiger partial charge in [0.15, 0.2) is 0 Å². The van der Waals surface area contributed by atoms with E-state index >= 15 is 0 Å². The zero-order chi connectivity index (χ0) is 21.2. The molecule has 10 nitrogen and oxygen atoms in total. The Balaban J connectivity index is 1.37. The summed E-state index contributed by atoms with van der Waals surface area (Å²) in [4.78, 5) is 20.2. The van der Waals surface area contributed by atoms with E-state index in [1.807, 2.05) is 12.1 Å². The molecular weight excluding hydrogens is 398 g/mol. The topological polar surface area (TPSA) is 109 Å². The molecule has 2 fully saturated rings. The van der Waals surface area contributed by atoms with Crippen LogP contribution in [0, 0.1) is 5.92 Å². The minimum atomic E-state index is 0.391. The first-order valence-corrected chi connectivity index (χ1v) is 10.2. The number of nitrogens with one attached hydrogen (secondary N) is 1. The van der Waals surface area contributed by atoms with Gasteiger partial charge in [0, 0.05) is 48.9 Å². The molecule has 0 aliphatic carbocycles. The Labute approximate surface area is 179 Å². The molecule has 1 atom stereocenters. The quantitative estimate of drug-likeness (QED) is 0.588. The van der Waals surface area contributed by atoms with E-state index in [0.29, 0.717) is 41.4 Å². The average molecular weight is 421 g/mol. The van der Waals surface area contributed by atoms with Gasteiger partial charge in [0.1, 0.15) is 11.4 Å². The Hall–Kier alpha value is -3.37. The molecule has 2 aliphatic heterocycles. The standard InChI is InChI=1S/C21H23N7O3/c1-27-4-5-28(10-19(27)16-11-30-12-16)21-22-9-18(25-26-21)17-3-2-14(6-20(17)31-13-29)15-7-23-24-8-15/h2-3,6-9,13,16,19H,4-5,10-12H2,1H3,(H,23,24). The maximum atomic E-state index is 11.0. The molecule has 1 unspecified atom stereocenters. The number of aromatic amines is 1. The molecule has 0 amide bonds. The first kappa shape index (κ1) is 19.6. The fraction of sp³-hybridized carbons (Fsp3) is 0.381. The van der Waals surface area contributed by atoms with Gasteiger partial charge in [0.05, 0.1) is 25.6 Å². The average Bonchev–Trinajstić information content (AvgIpc) is 3.29. The van der Waals surface area contributed by atoms with Crippen molar-refractivity contribution in [1.29, 1.82) is 0 Å². The number of rotatable bonds is 6. The summed E-state index contributed by atoms with van der Waals surface area (Å²) in [5, 5.41) is 15.5. The molecular formula is C21H23N7O3. The molecule has 160 valence electrons. The number of carbonyl (C=O) groups is 1. The Bertz CT molecular complexity index is 1040. The van der Waals surface area contributed by atoms with Crippen LogP contribution in [0.5, 0.6) is 5.75 Å². The van der Waals surface area contributed by atoms with Crippen LogP contribution in [0.2, 0.25) is 0 Å². The number of ether oxygens (including phenoxy) is 2. The van der Waals surface area contributed by atoms with Gasteiger partial charge in [0.25, 0.3) is 6.47 Å². The van der Waals surface area contributed by atoms with E-state index in [1.165, 1.54) is 0 Å². The summed E-state index contributed by atoms with van der Waals surface area (Å²) >= 11 is 0. The largest absolute Gasteiger partial charge is 0.428 e. The van der Waals surface area contributed by atoms with Gasteiger partial charge in [-0.05, 0) is 24.7 Å². The second kappa shape index (κ2) is 8.40. The van der Waals surface area contributed by atoms with Crippen molar-refractivity contribution in [2.45, 2.75) is 6.04 Å². The third-order valence-electron chi connectivity index (χ3n) is 6.00. The van der Waals surface area contributed by atoms with Gasteiger partial charge < -0.3 is 14.4 Å². The van der Waals surface area contributed by atoms with E-state index < -0.39 is 0 Å². The van der Waals surface area contributed by atoms with E-state index in [2.05, 4.69) is 42.2 Å². The number of nitrogens with zero attached hydrogens (tertiary/aromatic N) is 6. The lowest BCUT2D eigenvalue weighted by molar-refractivity contribution is -0.120. The lowest BCUT2D eigenvalue weighted by atomic mass is 9.95. The molecule has 0 radical (unpaired) electrons. The lowest BCUT2D eigenvalue weighted by Crippen LogP contribution is -2.58. The molecule has 2 aliphatic rings. The second-order valence-corrected chi connectivity index (χ2v) is 7.85. The molecule has 1 N–H and O–H groups in total. The van der Waals surface area contributed by atoms with Crippen LogP contribution in [0.1, 0.15) is 0 Å². The molecule has 1 aromatic carbocycles. The van der Waals surface area contributed by atoms with Gasteiger partial charge in [-0.2, -0.15) is 5.10 Å². The van der Waals surface area contributed by atoms with Crippen LogP contribution < -0.4 is 9.64 Å². The number of hydrogen-bond donors (Lipinski definition) is 1. The number of hydrogen-bond acceptors (Lipinski definition) is 9. The molecule has 0 spiro atoms. The number of H-pyrrole nitrogens is 1. The Kier molecular flexibility index (Phi) is 5.31. The van der Waals surface area contributed by atoms with Crippen molar-refractivity contribution in [2.24, 2.45) is 5.92 Å². The van der Waals surface area contributed by atoms with E-state index in [1.54, 1.807) is 24.7 Å². The number of anilines is 1. The SMILES string of the molecule is CN1CCN(c2ncc(-c3ccc(-c4cn[nH]c4)cc3OC=O)nn2)CC1C1COC1. The maximum Gasteiger partial charge on any atom is 0.298 e. The highest BCUT2D eigenvalue weighted by atomic mass is 16.5. The van der Waals surface area contributed by atoms with Crippen molar-refractivity contribution >= 4 is 12.4 Å². The van der Waals surface area contributed by atoms with Gasteiger partial charge in [0.2, 0.25) is 5.95 Å². The van der Waals surface area contributed by atoms with Crippen LogP contribution in [-0.4, -0.2) is 82.7 Å². The van der Waals surface area contributed by atoms with Gasteiger partial charge >= 0.3 is 0 Å². The highest BCUT2D eigenvalue weighted by Gasteiger charge is 2.36. The zero-order valence-corrected chi connectivity index (χ0v) is 17.1. The van der Waals surface area contributed by atoms with Crippen molar-refractivity contribution in [1.82, 2.24) is 30.3 Å². The maximum absolute atomic E-state index is 11.0. The number of piperazine rings is 1. The predicted octanol–water partition coefficient (Wildman–Crippen LogP) is 1.23. The summed E-state index contributed by atoms with van der Waals surface area (Å²) in [5.74, 6) is 1.55. The van der Waals surface area contributed by atoms with Crippen LogP contribution in [-0.2, 0) is 9.53 Å². The Morgan fingerprint density at radius 1 is 1.19 bits per heavy atom. The summed E-state index contributed by atoms with van der Waals surface area (Å²) in [5.41, 5.74) is 2.95. The molecule has 5 rings (SSSR count). The molecule has 2 aromatic heterocycles. The molecule has 0 bridgehead atoms. The van der Waals surface area contributed by atoms with Crippen molar-refractivity contribution in [3.05, 3.63) is 36.8 Å². The van der Waals surface area contributed by atoms with E-state index in [0.717, 1.165) is 44.0 Å². The highest BCUT2D eigenvalue weighted by molar-refractivity contribution is 5.75. The van der Waals surface area contributed by atoms with E-state index in [4.69, 9.17) is 9.47 Å². The minimum absolute atomic E-state index is 0.391. The van der Waals surface area contributed by atoms with E-state index in [-0.39, 0.29) is 0 Å². The number of likely N-dealkylation sites (N-methyl/N-ethyl adjacent to an activating group) is 1. The summed E-state index contributed by atoms with van der Waals surface area (Å²) in [6, 6.07) is 5.96. The zero-order valence-electron chi connectivity index (χ0n) is 17.1. The van der Waals surface area contributed by atoms with Crippen LogP contribution in [0.3, 0.4) is 0 Å². The lowest BCUT2D eigenvalue weighted by Gasteiger charge is -2.45. The fourth-order valence-electron chi connectivity index (χ4n) is 4.08. The molecule has 4 heterocycles. The van der Waals surface area contributed by atoms with Gasteiger partial charge in [-0.3, -0.25) is 14.8 Å². The third-order valence-corrected chi connectivity index (χ3v) is 6.00. The van der Waals surface area contributed by atoms with Crippen molar-refractivity contribution < 1.29 is 14.3 Å². The first-order chi connectivity index (χ1) is 15.2. The van der Waals surface area contributed by atoms with Crippen LogP contribution in [0.4, 0.5) is 5.95 Å². The second-order valence-electron chi connectivity index (χ2n) is 7.85. The Morgan fingerprint density at radius 2 is 2.10 bits per heavy atom. The van der Waals surface area contributed by atoms with Crippen molar-refractivity contribution in [2.75, 3.05) is 44.8 Å². The van der Waals surface area contributed by atoms with Crippen LogP contribution in [0.25, 0.3) is 22.4 Å². The molecule has 0 saturated carbocycles. The molecule has 2 saturated heterocycles. The number of carbonyl (C=O) groups excluding carboxylic acids is 1. The number of aromatic nitrogens is 5. The summed E-state index contributed by atoms with van der Waals surface area (Å²) in [7, 11) is 2.16. The smallest absolute Gasteiger partial charge is 0.298 e. The Morgan fingerprint density at radius 3 is 2.77 bits per heavy atom. The van der Waals surface area contributed by atoms with Crippen LogP contribution >= 0.6 is 0 Å². The molecule has 3 aromatic rings. The summed E-state index contributed by atoms with van der Waals surface area (Å²) < 4.78 is 10.6. The normalized spacial score (nSPS) is 19.8. The van der Waals surface area contributed by atoms with E-state index in [9.17, 15) is 4.79 Å². The monoisotopic (exact) mass is 421 g/mol. The van der Waals surface area contributed by atoms with Gasteiger partial charge in [-0.1, -0.05) is 6.07 Å². The predicted molar refractivity (Wildman–Crippen MR) is 112 cm³/mol. The summed E-state index contributed by atoms with van der Waals surface area (Å²) in [6.45, 7) is 4.68. The third kappa shape index (κ3) is 3.87. The molecule has 31 heavy (non-hydrogen) atoms. The molecule has 10 heteroatoms. The van der Waals surface area contributed by atoms with Crippen LogP contribution in [0.15, 0.2) is 36.8 Å². The van der Waals surface area contributed by atoms with Crippen molar-refractivity contribution in [3.8, 4) is 28.1 Å². The minimum Gasteiger partial charge on any atom is -0.428 e. The first-order valence-electron chi connectivity index (χ1n) is 10.2. The number of benzene rings is 1. The fourth-order valence-corrected chi connectivity index (χ4v) is 4.08. The van der Waals surface area contributed by atoms with Crippen molar-refractivity contribution in [3.63, 3.8) is 0 Å².